The van der Waals surface area contributed by atoms with Crippen molar-refractivity contribution in [3.05, 3.63) is 40.9 Å². The van der Waals surface area contributed by atoms with Crippen molar-refractivity contribution in [1.82, 2.24) is 4.98 Å². The third-order valence-corrected chi connectivity index (χ3v) is 3.38. The highest BCUT2D eigenvalue weighted by Crippen LogP contribution is 2.25. The van der Waals surface area contributed by atoms with Crippen LogP contribution in [0.25, 0.3) is 10.6 Å². The molecule has 6 heteroatoms. The van der Waals surface area contributed by atoms with E-state index in [1.165, 1.54) is 7.11 Å². The fourth-order valence-corrected chi connectivity index (χ4v) is 2.20. The summed E-state index contributed by atoms with van der Waals surface area (Å²) in [7, 11) is 1.37. The fourth-order valence-electron chi connectivity index (χ4n) is 1.40. The van der Waals surface area contributed by atoms with Crippen LogP contribution < -0.4 is 5.73 Å². The Morgan fingerprint density at radius 3 is 2.56 bits per heavy atom. The SMILES string of the molecule is COC(=O)c1ccc(-c2ncc(CN)s2)cc1.Cl. The summed E-state index contributed by atoms with van der Waals surface area (Å²) in [6, 6.07) is 7.16. The Bertz CT molecular complexity index is 525. The number of thiazole rings is 1. The highest BCUT2D eigenvalue weighted by atomic mass is 35.5. The Balaban J connectivity index is 0.00000162. The van der Waals surface area contributed by atoms with Crippen LogP contribution in [0.5, 0.6) is 0 Å². The molecule has 2 rings (SSSR count). The lowest BCUT2D eigenvalue weighted by Crippen LogP contribution is -2.00. The number of methoxy groups -OCH3 is 1. The van der Waals surface area contributed by atoms with E-state index in [0.717, 1.165) is 15.4 Å². The predicted octanol–water partition coefficient (Wildman–Crippen LogP) is 2.48. The second kappa shape index (κ2) is 6.49. The summed E-state index contributed by atoms with van der Waals surface area (Å²) < 4.78 is 4.63. The fraction of sp³-hybridized carbons (Fsp3) is 0.167. The van der Waals surface area contributed by atoms with Crippen molar-refractivity contribution in [3.8, 4) is 10.6 Å². The Labute approximate surface area is 115 Å². The van der Waals surface area contributed by atoms with Crippen LogP contribution in [0.15, 0.2) is 30.5 Å². The molecule has 0 spiro atoms. The van der Waals surface area contributed by atoms with Gasteiger partial charge in [0.2, 0.25) is 0 Å². The van der Waals surface area contributed by atoms with E-state index < -0.39 is 0 Å². The molecule has 96 valence electrons. The molecule has 0 aliphatic heterocycles. The Kier molecular flexibility index (Phi) is 5.27. The smallest absolute Gasteiger partial charge is 0.337 e. The molecular formula is C12H13ClN2O2S. The van der Waals surface area contributed by atoms with Crippen LogP contribution in [0.1, 0.15) is 15.2 Å². The van der Waals surface area contributed by atoms with E-state index in [2.05, 4.69) is 9.72 Å². The zero-order chi connectivity index (χ0) is 12.3. The number of hydrogen-bond donors (Lipinski definition) is 1. The number of halogens is 1. The van der Waals surface area contributed by atoms with Gasteiger partial charge in [0.25, 0.3) is 0 Å². The predicted molar refractivity (Wildman–Crippen MR) is 74.0 cm³/mol. The molecule has 4 nitrogen and oxygen atoms in total. The van der Waals surface area contributed by atoms with Crippen LogP contribution in [0, 0.1) is 0 Å². The maximum Gasteiger partial charge on any atom is 0.337 e. The van der Waals surface area contributed by atoms with Gasteiger partial charge in [-0.15, -0.1) is 23.7 Å². The number of benzene rings is 1. The molecule has 2 N–H and O–H groups in total. The molecule has 0 fully saturated rings. The molecule has 1 aromatic heterocycles. The lowest BCUT2D eigenvalue weighted by molar-refractivity contribution is 0.0601. The monoisotopic (exact) mass is 284 g/mol. The second-order valence-corrected chi connectivity index (χ2v) is 4.52. The van der Waals surface area contributed by atoms with Crippen molar-refractivity contribution in [3.63, 3.8) is 0 Å². The van der Waals surface area contributed by atoms with Gasteiger partial charge in [-0.05, 0) is 12.1 Å². The summed E-state index contributed by atoms with van der Waals surface area (Å²) in [6.07, 6.45) is 1.77. The highest BCUT2D eigenvalue weighted by Gasteiger charge is 2.07. The summed E-state index contributed by atoms with van der Waals surface area (Å²) in [6.45, 7) is 0.498. The number of hydrogen-bond acceptors (Lipinski definition) is 5. The standard InChI is InChI=1S/C12H12N2O2S.ClH/c1-16-12(15)9-4-2-8(3-5-9)11-14-7-10(6-13)17-11;/h2-5,7H,6,13H2,1H3;1H. The van der Waals surface area contributed by atoms with E-state index in [0.29, 0.717) is 12.1 Å². The van der Waals surface area contributed by atoms with Gasteiger partial charge in [-0.2, -0.15) is 0 Å². The molecule has 18 heavy (non-hydrogen) atoms. The van der Waals surface area contributed by atoms with Crippen LogP contribution in [0.3, 0.4) is 0 Å². The molecule has 0 saturated heterocycles. The topological polar surface area (TPSA) is 65.2 Å². The minimum absolute atomic E-state index is 0. The van der Waals surface area contributed by atoms with Gasteiger partial charge in [0, 0.05) is 23.2 Å². The van der Waals surface area contributed by atoms with E-state index in [1.807, 2.05) is 12.1 Å². The average molecular weight is 285 g/mol. The lowest BCUT2D eigenvalue weighted by Gasteiger charge is -2.00. The normalized spacial score (nSPS) is 9.67. The molecule has 0 radical (unpaired) electrons. The maximum absolute atomic E-state index is 11.3. The van der Waals surface area contributed by atoms with E-state index in [9.17, 15) is 4.79 Å². The number of rotatable bonds is 3. The van der Waals surface area contributed by atoms with Gasteiger partial charge in [0.1, 0.15) is 5.01 Å². The molecule has 0 amide bonds. The summed E-state index contributed by atoms with van der Waals surface area (Å²) >= 11 is 1.55. The summed E-state index contributed by atoms with van der Waals surface area (Å²) in [4.78, 5) is 16.6. The summed E-state index contributed by atoms with van der Waals surface area (Å²) in [5.74, 6) is -0.335. The first-order valence-corrected chi connectivity index (χ1v) is 5.89. The maximum atomic E-state index is 11.3. The van der Waals surface area contributed by atoms with Crippen LogP contribution in [0.2, 0.25) is 0 Å². The van der Waals surface area contributed by atoms with Crippen molar-refractivity contribution in [1.29, 1.82) is 0 Å². The summed E-state index contributed by atoms with van der Waals surface area (Å²) in [5.41, 5.74) is 7.04. The second-order valence-electron chi connectivity index (χ2n) is 3.40. The molecule has 1 heterocycles. The quantitative estimate of drug-likeness (QED) is 0.880. The largest absolute Gasteiger partial charge is 0.465 e. The molecule has 2 aromatic rings. The lowest BCUT2D eigenvalue weighted by atomic mass is 10.1. The van der Waals surface area contributed by atoms with Crippen molar-refractivity contribution in [2.75, 3.05) is 7.11 Å². The van der Waals surface area contributed by atoms with Crippen molar-refractivity contribution in [2.45, 2.75) is 6.54 Å². The summed E-state index contributed by atoms with van der Waals surface area (Å²) in [5, 5.41) is 0.905. The van der Waals surface area contributed by atoms with E-state index in [-0.39, 0.29) is 18.4 Å². The van der Waals surface area contributed by atoms with E-state index in [4.69, 9.17) is 5.73 Å². The van der Waals surface area contributed by atoms with Gasteiger partial charge >= 0.3 is 5.97 Å². The Hall–Kier alpha value is -1.43. The van der Waals surface area contributed by atoms with E-state index in [1.54, 1.807) is 29.7 Å². The number of ether oxygens (including phenoxy) is 1. The third-order valence-electron chi connectivity index (χ3n) is 2.31. The zero-order valence-corrected chi connectivity index (χ0v) is 11.4. The molecule has 0 aliphatic carbocycles. The first kappa shape index (κ1) is 14.6. The average Bonchev–Trinajstić information content (AvgIpc) is 2.87. The van der Waals surface area contributed by atoms with Gasteiger partial charge in [-0.3, -0.25) is 0 Å². The molecule has 1 aromatic carbocycles. The van der Waals surface area contributed by atoms with Crippen LogP contribution in [0.4, 0.5) is 0 Å². The number of nitrogens with two attached hydrogens (primary N) is 1. The van der Waals surface area contributed by atoms with Crippen LogP contribution in [-0.2, 0) is 11.3 Å². The molecule has 0 bridgehead atoms. The molecular weight excluding hydrogens is 272 g/mol. The van der Waals surface area contributed by atoms with Gasteiger partial charge in [0.05, 0.1) is 12.7 Å². The highest BCUT2D eigenvalue weighted by molar-refractivity contribution is 7.15. The van der Waals surface area contributed by atoms with Crippen molar-refractivity contribution in [2.24, 2.45) is 5.73 Å². The third kappa shape index (κ3) is 3.07. The van der Waals surface area contributed by atoms with Gasteiger partial charge < -0.3 is 10.5 Å². The molecule has 0 saturated carbocycles. The minimum atomic E-state index is -0.335. The van der Waals surface area contributed by atoms with Gasteiger partial charge in [-0.25, -0.2) is 9.78 Å². The molecule has 0 atom stereocenters. The van der Waals surface area contributed by atoms with Gasteiger partial charge in [0.15, 0.2) is 0 Å². The first-order valence-electron chi connectivity index (χ1n) is 5.08. The van der Waals surface area contributed by atoms with Crippen molar-refractivity contribution >= 4 is 29.7 Å². The number of carbonyl (C=O) groups is 1. The van der Waals surface area contributed by atoms with Gasteiger partial charge in [-0.1, -0.05) is 12.1 Å². The number of esters is 1. The molecule has 0 aliphatic rings. The molecule has 0 unspecified atom stereocenters. The zero-order valence-electron chi connectivity index (χ0n) is 9.75. The number of nitrogens with zero attached hydrogens (tertiary/aromatic N) is 1. The Morgan fingerprint density at radius 2 is 2.06 bits per heavy atom. The van der Waals surface area contributed by atoms with Crippen LogP contribution in [-0.4, -0.2) is 18.1 Å². The number of carbonyl (C=O) groups excluding carboxylic acids is 1. The van der Waals surface area contributed by atoms with Crippen LogP contribution >= 0.6 is 23.7 Å². The Morgan fingerprint density at radius 1 is 1.39 bits per heavy atom. The minimum Gasteiger partial charge on any atom is -0.465 e. The van der Waals surface area contributed by atoms with E-state index >= 15 is 0 Å². The number of aromatic nitrogens is 1. The van der Waals surface area contributed by atoms with Crippen molar-refractivity contribution < 1.29 is 9.53 Å². The first-order chi connectivity index (χ1) is 8.24.